The van der Waals surface area contributed by atoms with E-state index in [1.165, 1.54) is 4.90 Å². The van der Waals surface area contributed by atoms with Crippen LogP contribution in [0.25, 0.3) is 0 Å². The maximum atomic E-state index is 12.3. The van der Waals surface area contributed by atoms with Gasteiger partial charge in [0, 0.05) is 32.9 Å². The lowest BCUT2D eigenvalue weighted by Gasteiger charge is -2.33. The van der Waals surface area contributed by atoms with Crippen molar-refractivity contribution in [3.63, 3.8) is 0 Å². The van der Waals surface area contributed by atoms with Gasteiger partial charge >= 0.3 is 5.97 Å². The second-order valence-electron chi connectivity index (χ2n) is 4.35. The zero-order valence-electron chi connectivity index (χ0n) is 11.1. The van der Waals surface area contributed by atoms with Crippen molar-refractivity contribution < 1.29 is 14.3 Å². The Morgan fingerprint density at radius 2 is 2.37 bits per heavy atom. The van der Waals surface area contributed by atoms with Gasteiger partial charge < -0.3 is 15.0 Å². The number of aromatic nitrogens is 2. The molecule has 1 amide bonds. The Bertz CT molecular complexity index is 471. The highest BCUT2D eigenvalue weighted by Gasteiger charge is 2.34. The maximum absolute atomic E-state index is 12.3. The Morgan fingerprint density at radius 3 is 3.00 bits per heavy atom. The molecule has 1 aliphatic heterocycles. The summed E-state index contributed by atoms with van der Waals surface area (Å²) in [6.07, 6.45) is 1.70. The third-order valence-corrected chi connectivity index (χ3v) is 3.00. The van der Waals surface area contributed by atoms with Crippen molar-refractivity contribution in [3.05, 3.63) is 18.0 Å². The highest BCUT2D eigenvalue weighted by molar-refractivity contribution is 5.95. The first-order chi connectivity index (χ1) is 9.13. The summed E-state index contributed by atoms with van der Waals surface area (Å²) in [7, 11) is 1.75. The van der Waals surface area contributed by atoms with E-state index < -0.39 is 6.04 Å². The normalized spacial score (nSPS) is 19.3. The van der Waals surface area contributed by atoms with E-state index in [0.717, 1.165) is 0 Å². The molecular formula is C12H18N4O3. The number of ether oxygens (including phenoxy) is 1. The van der Waals surface area contributed by atoms with Crippen molar-refractivity contribution in [2.75, 3.05) is 26.2 Å². The summed E-state index contributed by atoms with van der Waals surface area (Å²) in [6.45, 7) is 3.60. The number of carbonyl (C=O) groups is 2. The van der Waals surface area contributed by atoms with Crippen LogP contribution in [0.3, 0.4) is 0 Å². The van der Waals surface area contributed by atoms with Crippen molar-refractivity contribution in [1.29, 1.82) is 0 Å². The lowest BCUT2D eigenvalue weighted by Crippen LogP contribution is -2.57. The quantitative estimate of drug-likeness (QED) is 0.739. The van der Waals surface area contributed by atoms with Crippen LogP contribution in [-0.4, -0.2) is 58.8 Å². The minimum absolute atomic E-state index is 0.236. The van der Waals surface area contributed by atoms with Crippen molar-refractivity contribution in [2.45, 2.75) is 13.0 Å². The third-order valence-electron chi connectivity index (χ3n) is 3.00. The minimum atomic E-state index is -0.580. The summed E-state index contributed by atoms with van der Waals surface area (Å²) in [4.78, 5) is 25.7. The molecule has 1 unspecified atom stereocenters. The number of rotatable bonds is 3. The van der Waals surface area contributed by atoms with Gasteiger partial charge in [0.25, 0.3) is 5.91 Å². The highest BCUT2D eigenvalue weighted by Crippen LogP contribution is 2.10. The summed E-state index contributed by atoms with van der Waals surface area (Å²) in [5.41, 5.74) is 0.346. The molecule has 7 heteroatoms. The first-order valence-electron chi connectivity index (χ1n) is 6.31. The van der Waals surface area contributed by atoms with Crippen LogP contribution >= 0.6 is 0 Å². The number of amides is 1. The van der Waals surface area contributed by atoms with Crippen molar-refractivity contribution in [3.8, 4) is 0 Å². The molecule has 0 spiro atoms. The molecule has 1 aliphatic rings. The number of nitrogens with one attached hydrogen (secondary N) is 1. The van der Waals surface area contributed by atoms with E-state index in [-0.39, 0.29) is 11.9 Å². The fraction of sp³-hybridized carbons (Fsp3) is 0.583. The van der Waals surface area contributed by atoms with Crippen LogP contribution in [-0.2, 0) is 16.6 Å². The molecule has 1 atom stereocenters. The minimum Gasteiger partial charge on any atom is -0.464 e. The Labute approximate surface area is 111 Å². The molecule has 2 rings (SSSR count). The zero-order chi connectivity index (χ0) is 13.8. The summed E-state index contributed by atoms with van der Waals surface area (Å²) < 4.78 is 6.57. The van der Waals surface area contributed by atoms with E-state index in [1.807, 2.05) is 0 Å². The monoisotopic (exact) mass is 266 g/mol. The van der Waals surface area contributed by atoms with Gasteiger partial charge in [-0.2, -0.15) is 5.10 Å². The fourth-order valence-corrected chi connectivity index (χ4v) is 2.07. The van der Waals surface area contributed by atoms with Gasteiger partial charge in [0.2, 0.25) is 0 Å². The fourth-order valence-electron chi connectivity index (χ4n) is 2.07. The van der Waals surface area contributed by atoms with Gasteiger partial charge in [0.1, 0.15) is 11.7 Å². The molecule has 0 radical (unpaired) electrons. The molecular weight excluding hydrogens is 248 g/mol. The van der Waals surface area contributed by atoms with Crippen molar-refractivity contribution >= 4 is 11.9 Å². The molecule has 7 nitrogen and oxygen atoms in total. The van der Waals surface area contributed by atoms with Gasteiger partial charge in [-0.25, -0.2) is 4.79 Å². The molecule has 0 aromatic carbocycles. The molecule has 0 saturated carbocycles. The first kappa shape index (κ1) is 13.5. The van der Waals surface area contributed by atoms with Gasteiger partial charge in [-0.15, -0.1) is 0 Å². The zero-order valence-corrected chi connectivity index (χ0v) is 11.1. The molecule has 19 heavy (non-hydrogen) atoms. The van der Waals surface area contributed by atoms with Gasteiger partial charge in [-0.05, 0) is 13.0 Å². The van der Waals surface area contributed by atoms with E-state index >= 15 is 0 Å². The van der Waals surface area contributed by atoms with Crippen LogP contribution in [0.5, 0.6) is 0 Å². The number of esters is 1. The average Bonchev–Trinajstić information content (AvgIpc) is 2.85. The predicted octanol–water partition coefficient (Wildman–Crippen LogP) is -0.603. The lowest BCUT2D eigenvalue weighted by molar-refractivity contribution is -0.149. The van der Waals surface area contributed by atoms with Crippen LogP contribution in [0.4, 0.5) is 0 Å². The standard InChI is InChI=1S/C12H18N4O3/c1-3-19-12(18)10-8-13-5-7-16(10)11(17)9-4-6-15(2)14-9/h4,6,10,13H,3,5,7-8H2,1-2H3. The maximum Gasteiger partial charge on any atom is 0.330 e. The molecule has 1 aromatic heterocycles. The van der Waals surface area contributed by atoms with Crippen LogP contribution in [0.1, 0.15) is 17.4 Å². The van der Waals surface area contributed by atoms with Gasteiger partial charge in [-0.1, -0.05) is 0 Å². The molecule has 0 aliphatic carbocycles. The molecule has 1 saturated heterocycles. The second kappa shape index (κ2) is 5.83. The van der Waals surface area contributed by atoms with Crippen LogP contribution in [0.2, 0.25) is 0 Å². The number of hydrogen-bond acceptors (Lipinski definition) is 5. The smallest absolute Gasteiger partial charge is 0.330 e. The number of nitrogens with zero attached hydrogens (tertiary/aromatic N) is 3. The van der Waals surface area contributed by atoms with Crippen molar-refractivity contribution in [1.82, 2.24) is 20.0 Å². The summed E-state index contributed by atoms with van der Waals surface area (Å²) in [5, 5.41) is 7.17. The van der Waals surface area contributed by atoms with Crippen LogP contribution < -0.4 is 5.32 Å². The summed E-state index contributed by atoms with van der Waals surface area (Å²) in [6, 6.07) is 1.07. The molecule has 104 valence electrons. The van der Waals surface area contributed by atoms with E-state index in [2.05, 4.69) is 10.4 Å². The van der Waals surface area contributed by atoms with Gasteiger partial charge in [0.15, 0.2) is 0 Å². The Hall–Kier alpha value is -1.89. The van der Waals surface area contributed by atoms with Gasteiger partial charge in [-0.3, -0.25) is 9.48 Å². The van der Waals surface area contributed by atoms with Crippen LogP contribution in [0, 0.1) is 0 Å². The van der Waals surface area contributed by atoms with E-state index in [1.54, 1.807) is 30.9 Å². The second-order valence-corrected chi connectivity index (χ2v) is 4.35. The highest BCUT2D eigenvalue weighted by atomic mass is 16.5. The largest absolute Gasteiger partial charge is 0.464 e. The van der Waals surface area contributed by atoms with Crippen molar-refractivity contribution in [2.24, 2.45) is 7.05 Å². The molecule has 0 bridgehead atoms. The first-order valence-corrected chi connectivity index (χ1v) is 6.31. The third kappa shape index (κ3) is 2.93. The molecule has 2 heterocycles. The van der Waals surface area contributed by atoms with Gasteiger partial charge in [0.05, 0.1) is 6.61 Å². The SMILES string of the molecule is CCOC(=O)C1CNCCN1C(=O)c1ccn(C)n1. The topological polar surface area (TPSA) is 76.5 Å². The number of carbonyl (C=O) groups excluding carboxylic acids is 2. The molecule has 1 N–H and O–H groups in total. The Balaban J connectivity index is 2.15. The van der Waals surface area contributed by atoms with E-state index in [0.29, 0.717) is 31.9 Å². The van der Waals surface area contributed by atoms with E-state index in [4.69, 9.17) is 4.74 Å². The van der Waals surface area contributed by atoms with Crippen LogP contribution in [0.15, 0.2) is 12.3 Å². The number of piperazine rings is 1. The summed E-state index contributed by atoms with van der Waals surface area (Å²) >= 11 is 0. The number of aryl methyl sites for hydroxylation is 1. The number of hydrogen-bond donors (Lipinski definition) is 1. The summed E-state index contributed by atoms with van der Waals surface area (Å²) in [5.74, 6) is -0.612. The average molecular weight is 266 g/mol. The Morgan fingerprint density at radius 1 is 1.58 bits per heavy atom. The predicted molar refractivity (Wildman–Crippen MR) is 67.5 cm³/mol. The molecule has 1 aromatic rings. The Kier molecular flexibility index (Phi) is 4.16. The van der Waals surface area contributed by atoms with E-state index in [9.17, 15) is 9.59 Å². The lowest BCUT2D eigenvalue weighted by atomic mass is 10.1. The molecule has 1 fully saturated rings.